The molecule has 0 atom stereocenters. The number of fused-ring (bicyclic) bond motifs is 1. The molecule has 0 spiro atoms. The van der Waals surface area contributed by atoms with Crippen LogP contribution in [0.5, 0.6) is 0 Å². The smallest absolute Gasteiger partial charge is 0.267 e. The van der Waals surface area contributed by atoms with E-state index in [2.05, 4.69) is 25.3 Å². The highest BCUT2D eigenvalue weighted by Gasteiger charge is 2.05. The van der Waals surface area contributed by atoms with Gasteiger partial charge in [0.1, 0.15) is 5.82 Å². The second-order valence-electron chi connectivity index (χ2n) is 4.74. The summed E-state index contributed by atoms with van der Waals surface area (Å²) in [5.74, 6) is 0.250. The maximum absolute atomic E-state index is 11.2. The largest absolute Gasteiger partial charge is 0.395 e. The van der Waals surface area contributed by atoms with Gasteiger partial charge in [-0.15, -0.1) is 0 Å². The van der Waals surface area contributed by atoms with Gasteiger partial charge in [-0.05, 0) is 12.1 Å². The van der Waals surface area contributed by atoms with Crippen molar-refractivity contribution in [1.82, 2.24) is 15.0 Å². The molecule has 1 aliphatic heterocycles. The SMILES string of the molecule is O=C1CC=c2cnc(Nc3ccccn3)nc2=N1.O=S(=O)(O)CCO. The van der Waals surface area contributed by atoms with Gasteiger partial charge in [0, 0.05) is 24.0 Å². The molecule has 1 amide bonds. The first kappa shape index (κ1) is 18.6. The summed E-state index contributed by atoms with van der Waals surface area (Å²) < 4.78 is 27.1. The summed E-state index contributed by atoms with van der Waals surface area (Å²) in [7, 11) is -3.92. The molecule has 0 fully saturated rings. The van der Waals surface area contributed by atoms with Crippen LogP contribution in [0.1, 0.15) is 6.42 Å². The third kappa shape index (κ3) is 6.33. The van der Waals surface area contributed by atoms with Crippen molar-refractivity contribution in [2.24, 2.45) is 4.99 Å². The van der Waals surface area contributed by atoms with E-state index in [0.29, 0.717) is 23.7 Å². The lowest BCUT2D eigenvalue weighted by molar-refractivity contribution is -0.117. The van der Waals surface area contributed by atoms with Gasteiger partial charge in [0.25, 0.3) is 16.0 Å². The Labute approximate surface area is 142 Å². The Kier molecular flexibility index (Phi) is 6.22. The quantitative estimate of drug-likeness (QED) is 0.567. The average molecular weight is 365 g/mol. The van der Waals surface area contributed by atoms with Crippen LogP contribution < -0.4 is 16.0 Å². The summed E-state index contributed by atoms with van der Waals surface area (Å²) in [5, 5.41) is 11.6. The highest BCUT2D eigenvalue weighted by atomic mass is 32.2. The summed E-state index contributed by atoms with van der Waals surface area (Å²) in [5.41, 5.74) is 0.402. The number of carbonyl (C=O) groups is 1. The van der Waals surface area contributed by atoms with E-state index in [1.54, 1.807) is 24.5 Å². The van der Waals surface area contributed by atoms with Crippen molar-refractivity contribution < 1.29 is 22.9 Å². The summed E-state index contributed by atoms with van der Waals surface area (Å²) in [6.07, 6.45) is 5.39. The van der Waals surface area contributed by atoms with Crippen LogP contribution in [0.25, 0.3) is 6.08 Å². The number of aliphatic hydroxyl groups excluding tert-OH is 1. The summed E-state index contributed by atoms with van der Waals surface area (Å²) in [6.45, 7) is -0.529. The normalized spacial score (nSPS) is 12.8. The van der Waals surface area contributed by atoms with Crippen molar-refractivity contribution in [3.63, 3.8) is 0 Å². The van der Waals surface area contributed by atoms with Crippen molar-refractivity contribution in [3.8, 4) is 0 Å². The molecule has 3 rings (SSSR count). The van der Waals surface area contributed by atoms with Gasteiger partial charge >= 0.3 is 0 Å². The van der Waals surface area contributed by atoms with Crippen LogP contribution in [0.15, 0.2) is 35.6 Å². The zero-order chi connectivity index (χ0) is 18.3. The number of hydrogen-bond donors (Lipinski definition) is 3. The first-order valence-corrected chi connectivity index (χ1v) is 8.67. The van der Waals surface area contributed by atoms with E-state index in [1.807, 2.05) is 12.1 Å². The first-order valence-electron chi connectivity index (χ1n) is 7.06. The molecular formula is C14H15N5O5S. The molecule has 2 aromatic heterocycles. The molecule has 0 bridgehead atoms. The number of anilines is 2. The molecule has 0 aromatic carbocycles. The molecule has 11 heteroatoms. The Balaban J connectivity index is 0.000000277. The molecule has 0 saturated heterocycles. The Morgan fingerprint density at radius 2 is 2.04 bits per heavy atom. The average Bonchev–Trinajstić information content (AvgIpc) is 2.55. The van der Waals surface area contributed by atoms with Crippen LogP contribution in [-0.4, -0.2) is 51.3 Å². The number of carbonyl (C=O) groups excluding carboxylic acids is 1. The topological polar surface area (TPSA) is 155 Å². The maximum atomic E-state index is 11.2. The highest BCUT2D eigenvalue weighted by molar-refractivity contribution is 7.85. The second-order valence-corrected chi connectivity index (χ2v) is 6.31. The lowest BCUT2D eigenvalue weighted by Crippen LogP contribution is -2.33. The van der Waals surface area contributed by atoms with Crippen molar-refractivity contribution in [2.45, 2.75) is 6.42 Å². The molecule has 25 heavy (non-hydrogen) atoms. The fourth-order valence-corrected chi connectivity index (χ4v) is 1.93. The van der Waals surface area contributed by atoms with Crippen LogP contribution in [0.4, 0.5) is 11.8 Å². The van der Waals surface area contributed by atoms with Gasteiger partial charge in [-0.3, -0.25) is 9.35 Å². The minimum absolute atomic E-state index is 0.190. The lowest BCUT2D eigenvalue weighted by Gasteiger charge is -2.03. The number of pyridine rings is 1. The van der Waals surface area contributed by atoms with Crippen molar-refractivity contribution in [3.05, 3.63) is 41.3 Å². The van der Waals surface area contributed by atoms with E-state index in [9.17, 15) is 13.2 Å². The number of nitrogens with one attached hydrogen (secondary N) is 1. The molecular weight excluding hydrogens is 350 g/mol. The van der Waals surface area contributed by atoms with E-state index in [0.717, 1.165) is 5.22 Å². The monoisotopic (exact) mass is 365 g/mol. The lowest BCUT2D eigenvalue weighted by atomic mass is 10.3. The summed E-state index contributed by atoms with van der Waals surface area (Å²) in [6, 6.07) is 5.48. The third-order valence-electron chi connectivity index (χ3n) is 2.78. The summed E-state index contributed by atoms with van der Waals surface area (Å²) >= 11 is 0. The minimum atomic E-state index is -3.92. The van der Waals surface area contributed by atoms with E-state index in [-0.39, 0.29) is 5.91 Å². The molecule has 10 nitrogen and oxygen atoms in total. The van der Waals surface area contributed by atoms with Gasteiger partial charge in [-0.25, -0.2) is 9.97 Å². The van der Waals surface area contributed by atoms with Crippen molar-refractivity contribution in [2.75, 3.05) is 17.7 Å². The molecule has 3 heterocycles. The Bertz CT molecular complexity index is 963. The Morgan fingerprint density at radius 3 is 2.64 bits per heavy atom. The molecule has 3 N–H and O–H groups in total. The standard InChI is InChI=1S/C12H9N5O.C2H6O4S/c18-10-5-4-8-7-14-12(17-11(8)16-10)15-9-3-1-2-6-13-9;3-1-2-7(4,5)6/h1-4,6-7H,5H2,(H,13,15,16,17,18);3H,1-2H2,(H,4,5,6). The highest BCUT2D eigenvalue weighted by Crippen LogP contribution is 2.05. The molecule has 0 aliphatic carbocycles. The predicted molar refractivity (Wildman–Crippen MR) is 87.9 cm³/mol. The van der Waals surface area contributed by atoms with Gasteiger partial charge < -0.3 is 10.4 Å². The van der Waals surface area contributed by atoms with Crippen LogP contribution in [0.2, 0.25) is 0 Å². The molecule has 0 saturated carbocycles. The molecule has 1 aliphatic rings. The third-order valence-corrected chi connectivity index (χ3v) is 3.48. The predicted octanol–water partition coefficient (Wildman–Crippen LogP) is -1.19. The number of amides is 1. The van der Waals surface area contributed by atoms with Crippen molar-refractivity contribution >= 4 is 33.9 Å². The second kappa shape index (κ2) is 8.37. The zero-order valence-corrected chi connectivity index (χ0v) is 13.7. The van der Waals surface area contributed by atoms with Gasteiger partial charge in [-0.2, -0.15) is 18.4 Å². The minimum Gasteiger partial charge on any atom is -0.395 e. The fraction of sp³-hybridized carbons (Fsp3) is 0.214. The van der Waals surface area contributed by atoms with Crippen LogP contribution >= 0.6 is 0 Å². The van der Waals surface area contributed by atoms with Crippen LogP contribution in [0, 0.1) is 0 Å². The van der Waals surface area contributed by atoms with E-state index < -0.39 is 22.5 Å². The van der Waals surface area contributed by atoms with E-state index in [1.165, 1.54) is 0 Å². The van der Waals surface area contributed by atoms with E-state index in [4.69, 9.17) is 9.66 Å². The summed E-state index contributed by atoms with van der Waals surface area (Å²) in [4.78, 5) is 27.5. The number of aliphatic hydroxyl groups is 1. The van der Waals surface area contributed by atoms with Gasteiger partial charge in [0.15, 0.2) is 5.49 Å². The van der Waals surface area contributed by atoms with E-state index >= 15 is 0 Å². The Morgan fingerprint density at radius 1 is 1.24 bits per heavy atom. The Hall–Kier alpha value is -2.76. The van der Waals surface area contributed by atoms with Gasteiger partial charge in [-0.1, -0.05) is 12.1 Å². The molecule has 2 aromatic rings. The zero-order valence-electron chi connectivity index (χ0n) is 12.9. The number of nitrogens with zero attached hydrogens (tertiary/aromatic N) is 4. The number of aromatic nitrogens is 3. The van der Waals surface area contributed by atoms with Crippen molar-refractivity contribution in [1.29, 1.82) is 0 Å². The number of rotatable bonds is 4. The number of hydrogen-bond acceptors (Lipinski definition) is 8. The maximum Gasteiger partial charge on any atom is 0.267 e. The first-order chi connectivity index (χ1) is 11.9. The molecule has 0 unspecified atom stereocenters. The van der Waals surface area contributed by atoms with Gasteiger partial charge in [0.2, 0.25) is 5.95 Å². The molecule has 132 valence electrons. The molecule has 0 radical (unpaired) electrons. The van der Waals surface area contributed by atoms with Crippen LogP contribution in [-0.2, 0) is 14.9 Å². The fourth-order valence-electron chi connectivity index (χ4n) is 1.70. The van der Waals surface area contributed by atoms with Gasteiger partial charge in [0.05, 0.1) is 12.4 Å². The van der Waals surface area contributed by atoms with Crippen LogP contribution in [0.3, 0.4) is 0 Å².